The van der Waals surface area contributed by atoms with E-state index in [4.69, 9.17) is 12.2 Å². The highest BCUT2D eigenvalue weighted by Crippen LogP contribution is 2.46. The smallest absolute Gasteiger partial charge is 0.267 e. The number of nitrogens with one attached hydrogen (secondary N) is 1. The van der Waals surface area contributed by atoms with E-state index in [2.05, 4.69) is 5.32 Å². The number of fused-ring (bicyclic) bond motifs is 1. The fourth-order valence-electron chi connectivity index (χ4n) is 4.27. The summed E-state index contributed by atoms with van der Waals surface area (Å²) in [4.78, 5) is 43.2. The molecule has 0 radical (unpaired) electrons. The molecule has 1 unspecified atom stereocenters. The molecule has 3 aromatic rings. The predicted octanol–water partition coefficient (Wildman–Crippen LogP) is 5.00. The van der Waals surface area contributed by atoms with Crippen molar-refractivity contribution in [2.75, 3.05) is 16.8 Å². The summed E-state index contributed by atoms with van der Waals surface area (Å²) in [6.45, 7) is 1.74. The van der Waals surface area contributed by atoms with Crippen LogP contribution in [0.5, 0.6) is 0 Å². The first kappa shape index (κ1) is 23.0. The van der Waals surface area contributed by atoms with Crippen LogP contribution >= 0.6 is 24.0 Å². The maximum absolute atomic E-state index is 13.6. The molecule has 5 rings (SSSR count). The van der Waals surface area contributed by atoms with Crippen LogP contribution < -0.4 is 10.2 Å². The summed E-state index contributed by atoms with van der Waals surface area (Å²) in [7, 11) is 0. The molecular formula is C27H21N3O3S2. The van der Waals surface area contributed by atoms with Crippen LogP contribution in [0.2, 0.25) is 0 Å². The normalized spacial score (nSPS) is 18.1. The van der Waals surface area contributed by atoms with E-state index in [0.717, 1.165) is 17.3 Å². The summed E-state index contributed by atoms with van der Waals surface area (Å²) in [5.74, 6) is -1.02. The Labute approximate surface area is 212 Å². The van der Waals surface area contributed by atoms with Crippen LogP contribution in [-0.2, 0) is 14.4 Å². The number of carbonyl (C=O) groups excluding carboxylic acids is 3. The standard InChI is InChI=1S/C27H21N3O3S2/c1-17(18-10-4-2-5-11-18)30-26(33)24(35-27(30)34)23-20-14-8-9-15-21(20)29(25(23)32)16-22(31)28-19-12-6-3-7-13-19/h2-15,17H,16H2,1H3,(H,28,31). The minimum atomic E-state index is -0.387. The van der Waals surface area contributed by atoms with Gasteiger partial charge in [-0.2, -0.15) is 0 Å². The molecule has 0 saturated carbocycles. The summed E-state index contributed by atoms with van der Waals surface area (Å²) >= 11 is 6.69. The Balaban J connectivity index is 1.46. The number of hydrogen-bond acceptors (Lipinski definition) is 5. The molecular weight excluding hydrogens is 478 g/mol. The molecule has 0 bridgehead atoms. The van der Waals surface area contributed by atoms with E-state index in [0.29, 0.717) is 26.2 Å². The maximum atomic E-state index is 13.6. The molecule has 1 fully saturated rings. The van der Waals surface area contributed by atoms with Gasteiger partial charge in [0.25, 0.3) is 11.8 Å². The van der Waals surface area contributed by atoms with E-state index in [-0.39, 0.29) is 35.9 Å². The third-order valence-electron chi connectivity index (χ3n) is 5.98. The Bertz CT molecular complexity index is 1370. The number of thioether (sulfide) groups is 1. The molecule has 0 aliphatic carbocycles. The van der Waals surface area contributed by atoms with Crippen LogP contribution in [0.3, 0.4) is 0 Å². The number of para-hydroxylation sites is 2. The predicted molar refractivity (Wildman–Crippen MR) is 143 cm³/mol. The third kappa shape index (κ3) is 4.26. The Morgan fingerprint density at radius 2 is 1.54 bits per heavy atom. The van der Waals surface area contributed by atoms with Crippen molar-refractivity contribution in [3.8, 4) is 0 Å². The topological polar surface area (TPSA) is 69.7 Å². The van der Waals surface area contributed by atoms with Gasteiger partial charge in [-0.1, -0.05) is 90.7 Å². The van der Waals surface area contributed by atoms with Crippen LogP contribution in [0, 0.1) is 0 Å². The number of carbonyl (C=O) groups is 3. The average molecular weight is 500 g/mol. The van der Waals surface area contributed by atoms with Gasteiger partial charge in [0, 0.05) is 11.3 Å². The minimum absolute atomic E-state index is 0.172. The molecule has 1 atom stereocenters. The molecule has 0 aromatic heterocycles. The van der Waals surface area contributed by atoms with E-state index in [1.807, 2.05) is 61.5 Å². The summed E-state index contributed by atoms with van der Waals surface area (Å²) < 4.78 is 0.402. The maximum Gasteiger partial charge on any atom is 0.267 e. The number of thiocarbonyl (C=S) groups is 1. The fraction of sp³-hybridized carbons (Fsp3) is 0.111. The number of benzene rings is 3. The fourth-order valence-corrected chi connectivity index (χ4v) is 5.76. The highest BCUT2D eigenvalue weighted by Gasteiger charge is 2.43. The van der Waals surface area contributed by atoms with Crippen LogP contribution in [-0.4, -0.2) is 33.5 Å². The average Bonchev–Trinajstić information content (AvgIpc) is 3.31. The molecule has 6 nitrogen and oxygen atoms in total. The van der Waals surface area contributed by atoms with Crippen molar-refractivity contribution >= 4 is 63.0 Å². The van der Waals surface area contributed by atoms with Gasteiger partial charge in [0.1, 0.15) is 10.9 Å². The number of nitrogens with zero attached hydrogens (tertiary/aromatic N) is 2. The van der Waals surface area contributed by atoms with Gasteiger partial charge in [-0.25, -0.2) is 0 Å². The molecule has 35 heavy (non-hydrogen) atoms. The van der Waals surface area contributed by atoms with Crippen molar-refractivity contribution in [1.29, 1.82) is 0 Å². The van der Waals surface area contributed by atoms with E-state index in [9.17, 15) is 14.4 Å². The molecule has 3 aromatic carbocycles. The van der Waals surface area contributed by atoms with Crippen LogP contribution in [0.15, 0.2) is 89.8 Å². The monoisotopic (exact) mass is 499 g/mol. The highest BCUT2D eigenvalue weighted by atomic mass is 32.2. The van der Waals surface area contributed by atoms with E-state index >= 15 is 0 Å². The second-order valence-electron chi connectivity index (χ2n) is 8.16. The van der Waals surface area contributed by atoms with Gasteiger partial charge in [-0.15, -0.1) is 0 Å². The first-order valence-corrected chi connectivity index (χ1v) is 12.3. The van der Waals surface area contributed by atoms with Crippen molar-refractivity contribution in [2.45, 2.75) is 13.0 Å². The Hall–Kier alpha value is -3.75. The minimum Gasteiger partial charge on any atom is -0.325 e. The Morgan fingerprint density at radius 1 is 0.914 bits per heavy atom. The highest BCUT2D eigenvalue weighted by molar-refractivity contribution is 8.26. The SMILES string of the molecule is CC(c1ccccc1)N1C(=O)C(=C2C(=O)N(CC(=O)Nc3ccccc3)c3ccccc32)SC1=S. The molecule has 2 aliphatic heterocycles. The molecule has 8 heteroatoms. The van der Waals surface area contributed by atoms with Crippen molar-refractivity contribution < 1.29 is 14.4 Å². The van der Waals surface area contributed by atoms with E-state index < -0.39 is 0 Å². The molecule has 0 spiro atoms. The number of hydrogen-bond donors (Lipinski definition) is 1. The van der Waals surface area contributed by atoms with Crippen molar-refractivity contribution in [3.05, 3.63) is 101 Å². The van der Waals surface area contributed by atoms with Crippen LogP contribution in [0.1, 0.15) is 24.1 Å². The zero-order chi connectivity index (χ0) is 24.5. The third-order valence-corrected chi connectivity index (χ3v) is 7.38. The summed E-state index contributed by atoms with van der Waals surface area (Å²) in [5.41, 5.74) is 3.10. The molecule has 1 N–H and O–H groups in total. The van der Waals surface area contributed by atoms with Crippen LogP contribution in [0.4, 0.5) is 11.4 Å². The van der Waals surface area contributed by atoms with Gasteiger partial charge in [-0.05, 0) is 30.7 Å². The quantitative estimate of drug-likeness (QED) is 0.395. The van der Waals surface area contributed by atoms with Gasteiger partial charge in [0.15, 0.2) is 0 Å². The summed E-state index contributed by atoms with van der Waals surface area (Å²) in [6, 6.07) is 25.6. The largest absolute Gasteiger partial charge is 0.325 e. The summed E-state index contributed by atoms with van der Waals surface area (Å²) in [5, 5.41) is 2.81. The van der Waals surface area contributed by atoms with Gasteiger partial charge in [-0.3, -0.25) is 24.2 Å². The zero-order valence-electron chi connectivity index (χ0n) is 18.8. The molecule has 2 heterocycles. The van der Waals surface area contributed by atoms with Gasteiger partial charge < -0.3 is 5.32 Å². The molecule has 1 saturated heterocycles. The second kappa shape index (κ2) is 9.48. The number of amides is 3. The van der Waals surface area contributed by atoms with Crippen LogP contribution in [0.25, 0.3) is 5.57 Å². The second-order valence-corrected chi connectivity index (χ2v) is 9.80. The number of anilines is 2. The van der Waals surface area contributed by atoms with Crippen molar-refractivity contribution in [2.24, 2.45) is 0 Å². The molecule has 3 amide bonds. The lowest BCUT2D eigenvalue weighted by atomic mass is 10.1. The first-order valence-electron chi connectivity index (χ1n) is 11.1. The van der Waals surface area contributed by atoms with Gasteiger partial charge in [0.05, 0.1) is 22.2 Å². The Kier molecular flexibility index (Phi) is 6.23. The van der Waals surface area contributed by atoms with Gasteiger partial charge in [0.2, 0.25) is 5.91 Å². The molecule has 174 valence electrons. The van der Waals surface area contributed by atoms with Crippen molar-refractivity contribution in [3.63, 3.8) is 0 Å². The lowest BCUT2D eigenvalue weighted by Crippen LogP contribution is -2.35. The van der Waals surface area contributed by atoms with Crippen molar-refractivity contribution in [1.82, 2.24) is 4.90 Å². The first-order chi connectivity index (χ1) is 17.0. The van der Waals surface area contributed by atoms with E-state index in [1.54, 1.807) is 35.2 Å². The lowest BCUT2D eigenvalue weighted by Gasteiger charge is -2.23. The number of rotatable bonds is 5. The van der Waals surface area contributed by atoms with E-state index in [1.165, 1.54) is 4.90 Å². The Morgan fingerprint density at radius 3 is 2.26 bits per heavy atom. The molecule has 2 aliphatic rings. The van der Waals surface area contributed by atoms with Gasteiger partial charge >= 0.3 is 0 Å². The lowest BCUT2D eigenvalue weighted by molar-refractivity contribution is -0.123. The summed E-state index contributed by atoms with van der Waals surface area (Å²) in [6.07, 6.45) is 0. The zero-order valence-corrected chi connectivity index (χ0v) is 20.4.